The second-order valence-corrected chi connectivity index (χ2v) is 8.26. The number of benzene rings is 1. The van der Waals surface area contributed by atoms with Crippen LogP contribution in [0.3, 0.4) is 0 Å². The van der Waals surface area contributed by atoms with E-state index >= 15 is 0 Å². The Hall–Kier alpha value is -3.27. The first-order valence-electron chi connectivity index (χ1n) is 11.7. The number of nitrogens with zero attached hydrogens (tertiary/aromatic N) is 1. The molecule has 10 nitrogen and oxygen atoms in total. The number of imide groups is 2. The molecule has 1 fully saturated rings. The predicted molar refractivity (Wildman–Crippen MR) is 125 cm³/mol. The summed E-state index contributed by atoms with van der Waals surface area (Å²) in [5, 5.41) is 4.95. The van der Waals surface area contributed by atoms with Crippen LogP contribution in [0.1, 0.15) is 67.3 Å². The van der Waals surface area contributed by atoms with Gasteiger partial charge in [0, 0.05) is 24.1 Å². The monoisotopic (exact) mass is 474 g/mol. The molecule has 0 aromatic heterocycles. The van der Waals surface area contributed by atoms with Gasteiger partial charge in [0.15, 0.2) is 6.61 Å². The van der Waals surface area contributed by atoms with Crippen molar-refractivity contribution in [3.05, 3.63) is 29.3 Å². The Morgan fingerprint density at radius 2 is 1.88 bits per heavy atom. The lowest BCUT2D eigenvalue weighted by atomic mass is 10.0. The summed E-state index contributed by atoms with van der Waals surface area (Å²) in [5.41, 5.74) is 6.08. The highest BCUT2D eigenvalue weighted by atomic mass is 16.5. The first-order chi connectivity index (χ1) is 16.4. The summed E-state index contributed by atoms with van der Waals surface area (Å²) in [6.45, 7) is 2.72. The van der Waals surface area contributed by atoms with Gasteiger partial charge in [0.1, 0.15) is 11.8 Å². The Balaban J connectivity index is 1.87. The Bertz CT molecular complexity index is 888. The normalized spacial score (nSPS) is 15.4. The molecule has 1 heterocycles. The predicted octanol–water partition coefficient (Wildman–Crippen LogP) is 1.19. The van der Waals surface area contributed by atoms with Gasteiger partial charge in [-0.3, -0.25) is 34.2 Å². The molecule has 1 aromatic carbocycles. The molecule has 0 bridgehead atoms. The van der Waals surface area contributed by atoms with Gasteiger partial charge in [-0.25, -0.2) is 0 Å². The van der Waals surface area contributed by atoms with Crippen LogP contribution in [0, 0.1) is 6.92 Å². The van der Waals surface area contributed by atoms with Gasteiger partial charge < -0.3 is 15.8 Å². The molecule has 1 aromatic rings. The Labute approximate surface area is 199 Å². The van der Waals surface area contributed by atoms with Crippen molar-refractivity contribution in [1.29, 1.82) is 0 Å². The minimum Gasteiger partial charge on any atom is -0.483 e. The molecule has 5 amide bonds. The lowest BCUT2D eigenvalue weighted by Gasteiger charge is -2.28. The summed E-state index contributed by atoms with van der Waals surface area (Å²) in [4.78, 5) is 61.0. The van der Waals surface area contributed by atoms with Crippen LogP contribution in [-0.2, 0) is 19.2 Å². The molecule has 4 N–H and O–H groups in total. The van der Waals surface area contributed by atoms with Crippen molar-refractivity contribution in [2.75, 3.05) is 19.7 Å². The number of unbranched alkanes of at least 4 members (excludes halogenated alkanes) is 5. The third kappa shape index (κ3) is 7.95. The highest BCUT2D eigenvalue weighted by Crippen LogP contribution is 2.24. The van der Waals surface area contributed by atoms with Crippen LogP contribution in [0.15, 0.2) is 18.2 Å². The Kier molecular flexibility index (Phi) is 11.2. The minimum atomic E-state index is -1.06. The van der Waals surface area contributed by atoms with Crippen molar-refractivity contribution in [2.45, 2.75) is 64.3 Å². The van der Waals surface area contributed by atoms with Gasteiger partial charge in [-0.1, -0.05) is 31.7 Å². The molecule has 34 heavy (non-hydrogen) atoms. The van der Waals surface area contributed by atoms with Crippen LogP contribution in [0.4, 0.5) is 0 Å². The number of nitrogens with one attached hydrogen (secondary N) is 2. The van der Waals surface area contributed by atoms with E-state index in [9.17, 15) is 24.0 Å². The molecule has 2 rings (SSSR count). The molecule has 186 valence electrons. The molecule has 1 aliphatic rings. The van der Waals surface area contributed by atoms with E-state index in [0.717, 1.165) is 50.0 Å². The molecule has 0 saturated carbocycles. The molecule has 0 spiro atoms. The largest absolute Gasteiger partial charge is 0.483 e. The maximum atomic E-state index is 13.0. The third-order valence-corrected chi connectivity index (χ3v) is 5.72. The van der Waals surface area contributed by atoms with E-state index in [2.05, 4.69) is 10.6 Å². The van der Waals surface area contributed by atoms with Gasteiger partial charge in [-0.2, -0.15) is 0 Å². The van der Waals surface area contributed by atoms with E-state index < -0.39 is 23.8 Å². The SMILES string of the molecule is Cc1c(OCC(=O)NCCCCCCCCN)cccc1C(=O)N(C=O)C1CCC(=O)NC1=O. The Morgan fingerprint density at radius 3 is 2.56 bits per heavy atom. The molecule has 1 atom stereocenters. The van der Waals surface area contributed by atoms with Crippen molar-refractivity contribution in [3.8, 4) is 5.75 Å². The lowest BCUT2D eigenvalue weighted by molar-refractivity contribution is -0.139. The maximum Gasteiger partial charge on any atom is 0.261 e. The molecule has 1 saturated heterocycles. The van der Waals surface area contributed by atoms with Crippen LogP contribution >= 0.6 is 0 Å². The van der Waals surface area contributed by atoms with E-state index in [1.165, 1.54) is 6.07 Å². The van der Waals surface area contributed by atoms with Crippen molar-refractivity contribution in [3.63, 3.8) is 0 Å². The van der Waals surface area contributed by atoms with Gasteiger partial charge in [-0.05, 0) is 44.9 Å². The Morgan fingerprint density at radius 1 is 1.18 bits per heavy atom. The zero-order valence-electron chi connectivity index (χ0n) is 19.6. The van der Waals surface area contributed by atoms with Crippen molar-refractivity contribution >= 4 is 30.0 Å². The smallest absolute Gasteiger partial charge is 0.261 e. The van der Waals surface area contributed by atoms with Crippen molar-refractivity contribution in [1.82, 2.24) is 15.5 Å². The molecule has 0 aliphatic carbocycles. The van der Waals surface area contributed by atoms with Crippen LogP contribution in [0.5, 0.6) is 5.75 Å². The molecular weight excluding hydrogens is 440 g/mol. The fourth-order valence-electron chi connectivity index (χ4n) is 3.75. The fourth-order valence-corrected chi connectivity index (χ4v) is 3.75. The molecule has 1 unspecified atom stereocenters. The van der Waals surface area contributed by atoms with Gasteiger partial charge in [0.2, 0.25) is 18.2 Å². The average Bonchev–Trinajstić information content (AvgIpc) is 2.81. The first-order valence-corrected chi connectivity index (χ1v) is 11.7. The van der Waals surface area contributed by atoms with E-state index in [0.29, 0.717) is 24.3 Å². The summed E-state index contributed by atoms with van der Waals surface area (Å²) in [6.07, 6.45) is 6.77. The average molecular weight is 475 g/mol. The van der Waals surface area contributed by atoms with Crippen molar-refractivity contribution in [2.24, 2.45) is 5.73 Å². The van der Waals surface area contributed by atoms with Crippen LogP contribution in [0.2, 0.25) is 0 Å². The maximum absolute atomic E-state index is 13.0. The van der Waals surface area contributed by atoms with E-state index in [-0.39, 0.29) is 30.9 Å². The van der Waals surface area contributed by atoms with E-state index in [1.54, 1.807) is 19.1 Å². The molecule has 0 radical (unpaired) electrons. The number of carbonyl (C=O) groups excluding carboxylic acids is 5. The number of amides is 5. The summed E-state index contributed by atoms with van der Waals surface area (Å²) < 4.78 is 5.60. The van der Waals surface area contributed by atoms with Gasteiger partial charge in [0.05, 0.1) is 0 Å². The number of hydrogen-bond donors (Lipinski definition) is 3. The van der Waals surface area contributed by atoms with Crippen molar-refractivity contribution < 1.29 is 28.7 Å². The number of carbonyl (C=O) groups is 5. The van der Waals surface area contributed by atoms with Gasteiger partial charge in [0.25, 0.3) is 11.8 Å². The summed E-state index contributed by atoms with van der Waals surface area (Å²) in [7, 11) is 0. The summed E-state index contributed by atoms with van der Waals surface area (Å²) in [5.74, 6) is -1.74. The first kappa shape index (κ1) is 27.0. The highest BCUT2D eigenvalue weighted by Gasteiger charge is 2.35. The molecular formula is C24H34N4O6. The lowest BCUT2D eigenvalue weighted by Crippen LogP contribution is -2.53. The zero-order valence-corrected chi connectivity index (χ0v) is 19.6. The number of ether oxygens (including phenoxy) is 1. The number of nitrogens with two attached hydrogens (primary N) is 1. The standard InChI is InChI=1S/C24H34N4O6/c1-17-18(24(33)28(16-29)19-11-12-21(30)27-23(19)32)9-8-10-20(17)34-15-22(31)26-14-7-5-3-2-4-6-13-25/h8-10,16,19H,2-7,11-15,25H2,1H3,(H,26,31)(H,27,30,32). The van der Waals surface area contributed by atoms with Crippen LogP contribution < -0.4 is 21.1 Å². The summed E-state index contributed by atoms with van der Waals surface area (Å²) in [6, 6.07) is 3.66. The number of piperidine rings is 1. The quantitative estimate of drug-likeness (QED) is 0.208. The van der Waals surface area contributed by atoms with Crippen LogP contribution in [0.25, 0.3) is 0 Å². The van der Waals surface area contributed by atoms with Gasteiger partial charge >= 0.3 is 0 Å². The van der Waals surface area contributed by atoms with E-state index in [4.69, 9.17) is 10.5 Å². The summed E-state index contributed by atoms with van der Waals surface area (Å²) >= 11 is 0. The van der Waals surface area contributed by atoms with Crippen LogP contribution in [-0.4, -0.2) is 60.7 Å². The van der Waals surface area contributed by atoms with E-state index in [1.807, 2.05) is 0 Å². The zero-order chi connectivity index (χ0) is 24.9. The second-order valence-electron chi connectivity index (χ2n) is 8.26. The topological polar surface area (TPSA) is 148 Å². The third-order valence-electron chi connectivity index (χ3n) is 5.72. The highest BCUT2D eigenvalue weighted by molar-refractivity contribution is 6.07. The minimum absolute atomic E-state index is 0.0412. The van der Waals surface area contributed by atoms with Gasteiger partial charge in [-0.15, -0.1) is 0 Å². The second kappa shape index (κ2) is 14.1. The molecule has 1 aliphatic heterocycles. The molecule has 10 heteroatoms. The fraction of sp³-hybridized carbons (Fsp3) is 0.542. The number of rotatable bonds is 14. The number of hydrogen-bond acceptors (Lipinski definition) is 7.